The average molecular weight is 415 g/mol. The topological polar surface area (TPSA) is 100 Å². The van der Waals surface area contributed by atoms with Crippen molar-refractivity contribution >= 4 is 56.3 Å². The first-order valence-electron chi connectivity index (χ1n) is 6.64. The Balaban J connectivity index is 1.55. The summed E-state index contributed by atoms with van der Waals surface area (Å²) in [6, 6.07) is 1.99. The van der Waals surface area contributed by atoms with E-state index in [1.54, 1.807) is 5.38 Å². The number of halogens is 1. The highest BCUT2D eigenvalue weighted by atomic mass is 79.9. The molecule has 1 aliphatic carbocycles. The Labute approximate surface area is 147 Å². The van der Waals surface area contributed by atoms with Crippen LogP contribution in [0.4, 0.5) is 0 Å². The van der Waals surface area contributed by atoms with Gasteiger partial charge in [-0.05, 0) is 34.8 Å². The predicted molar refractivity (Wildman–Crippen MR) is 89.9 cm³/mol. The Morgan fingerprint density at radius 1 is 1.13 bits per heavy atom. The molecule has 0 saturated heterocycles. The number of carbonyl (C=O) groups is 3. The van der Waals surface area contributed by atoms with E-state index >= 15 is 0 Å². The summed E-state index contributed by atoms with van der Waals surface area (Å²) in [5.74, 6) is -2.23. The second-order valence-corrected chi connectivity index (χ2v) is 7.51. The third-order valence-corrected chi connectivity index (χ3v) is 5.63. The molecule has 3 amide bonds. The first-order valence-corrected chi connectivity index (χ1v) is 9.19. The van der Waals surface area contributed by atoms with Gasteiger partial charge in [-0.3, -0.25) is 25.2 Å². The van der Waals surface area contributed by atoms with Crippen LogP contribution in [0.3, 0.4) is 0 Å². The number of aromatic nitrogens is 1. The van der Waals surface area contributed by atoms with Crippen LogP contribution in [-0.4, -0.2) is 28.7 Å². The lowest BCUT2D eigenvalue weighted by atomic mass is 10.4. The summed E-state index contributed by atoms with van der Waals surface area (Å²) in [6.07, 6.45) is 1.76. The Morgan fingerprint density at radius 3 is 2.57 bits per heavy atom. The predicted octanol–water partition coefficient (Wildman–Crippen LogP) is 1.67. The maximum Gasteiger partial charge on any atom is 0.327 e. The zero-order valence-electron chi connectivity index (χ0n) is 11.6. The van der Waals surface area contributed by atoms with Crippen molar-refractivity contribution in [2.45, 2.75) is 18.9 Å². The lowest BCUT2D eigenvalue weighted by Gasteiger charge is -2.05. The van der Waals surface area contributed by atoms with E-state index < -0.39 is 17.7 Å². The minimum Gasteiger partial charge on any atom is -0.345 e. The number of amides is 3. The number of thiazole rings is 1. The second-order valence-electron chi connectivity index (χ2n) is 4.82. The molecular formula is C13H11BrN4O3S2. The Hall–Kier alpha value is -1.78. The quantitative estimate of drug-likeness (QED) is 0.525. The third kappa shape index (κ3) is 4.15. The standard InChI is InChI=1S/C13H11BrN4O3S2/c14-6-3-9(22-4-6)13-16-8(5-23-13)10(19)17-18-12(21)11(20)15-7-1-2-7/h3-5,7H,1-2H2,(H,15,20)(H,17,19)(H,18,21). The number of hydrogen-bond acceptors (Lipinski definition) is 6. The summed E-state index contributed by atoms with van der Waals surface area (Å²) in [6.45, 7) is 0. The van der Waals surface area contributed by atoms with Crippen LogP contribution >= 0.6 is 38.6 Å². The van der Waals surface area contributed by atoms with Gasteiger partial charge in [0, 0.05) is 21.3 Å². The molecule has 0 radical (unpaired) electrons. The molecule has 0 aliphatic heterocycles. The van der Waals surface area contributed by atoms with Crippen molar-refractivity contribution in [2.75, 3.05) is 0 Å². The van der Waals surface area contributed by atoms with Gasteiger partial charge in [-0.25, -0.2) is 4.98 Å². The molecule has 120 valence electrons. The Kier molecular flexibility index (Phi) is 4.74. The molecule has 7 nitrogen and oxygen atoms in total. The van der Waals surface area contributed by atoms with E-state index in [9.17, 15) is 14.4 Å². The van der Waals surface area contributed by atoms with Gasteiger partial charge >= 0.3 is 11.8 Å². The van der Waals surface area contributed by atoms with E-state index in [0.29, 0.717) is 5.01 Å². The molecule has 23 heavy (non-hydrogen) atoms. The molecule has 2 aromatic rings. The molecule has 3 rings (SSSR count). The van der Waals surface area contributed by atoms with Crippen molar-refractivity contribution < 1.29 is 14.4 Å². The maximum atomic E-state index is 11.9. The summed E-state index contributed by atoms with van der Waals surface area (Å²) in [7, 11) is 0. The minimum absolute atomic E-state index is 0.0789. The summed E-state index contributed by atoms with van der Waals surface area (Å²) >= 11 is 6.20. The van der Waals surface area contributed by atoms with E-state index in [-0.39, 0.29) is 11.7 Å². The number of hydrazine groups is 1. The van der Waals surface area contributed by atoms with E-state index in [1.807, 2.05) is 11.4 Å². The highest BCUT2D eigenvalue weighted by Crippen LogP contribution is 2.31. The van der Waals surface area contributed by atoms with Crippen LogP contribution in [0.25, 0.3) is 9.88 Å². The van der Waals surface area contributed by atoms with Crippen LogP contribution in [0.15, 0.2) is 21.3 Å². The molecule has 10 heteroatoms. The van der Waals surface area contributed by atoms with Crippen LogP contribution in [-0.2, 0) is 9.59 Å². The van der Waals surface area contributed by atoms with E-state index in [0.717, 1.165) is 22.2 Å². The van der Waals surface area contributed by atoms with Gasteiger partial charge in [-0.1, -0.05) is 0 Å². The lowest BCUT2D eigenvalue weighted by molar-refractivity contribution is -0.139. The molecule has 2 aromatic heterocycles. The fraction of sp³-hybridized carbons (Fsp3) is 0.231. The van der Waals surface area contributed by atoms with Gasteiger partial charge in [-0.2, -0.15) is 0 Å². The van der Waals surface area contributed by atoms with Gasteiger partial charge in [-0.15, -0.1) is 22.7 Å². The molecule has 0 bridgehead atoms. The number of carbonyl (C=O) groups excluding carboxylic acids is 3. The van der Waals surface area contributed by atoms with Crippen molar-refractivity contribution in [3.8, 4) is 9.88 Å². The number of nitrogens with zero attached hydrogens (tertiary/aromatic N) is 1. The molecule has 0 aromatic carbocycles. The lowest BCUT2D eigenvalue weighted by Crippen LogP contribution is -2.49. The second kappa shape index (κ2) is 6.77. The van der Waals surface area contributed by atoms with Gasteiger partial charge in [0.1, 0.15) is 10.7 Å². The summed E-state index contributed by atoms with van der Waals surface area (Å²) in [4.78, 5) is 40.0. The summed E-state index contributed by atoms with van der Waals surface area (Å²) < 4.78 is 0.952. The molecule has 1 saturated carbocycles. The number of thiophene rings is 1. The van der Waals surface area contributed by atoms with Gasteiger partial charge in [0.15, 0.2) is 0 Å². The van der Waals surface area contributed by atoms with Crippen molar-refractivity contribution in [2.24, 2.45) is 0 Å². The van der Waals surface area contributed by atoms with Gasteiger partial charge < -0.3 is 5.32 Å². The summed E-state index contributed by atoms with van der Waals surface area (Å²) in [5.41, 5.74) is 4.44. The molecule has 3 N–H and O–H groups in total. The Bertz CT molecular complexity index is 769. The van der Waals surface area contributed by atoms with Crippen LogP contribution in [0.1, 0.15) is 23.3 Å². The monoisotopic (exact) mass is 414 g/mol. The number of hydrogen-bond donors (Lipinski definition) is 3. The summed E-state index contributed by atoms with van der Waals surface area (Å²) in [5, 5.41) is 6.76. The van der Waals surface area contributed by atoms with Gasteiger partial charge in [0.25, 0.3) is 5.91 Å². The third-order valence-electron chi connectivity index (χ3n) is 2.92. The van der Waals surface area contributed by atoms with Gasteiger partial charge in [0.2, 0.25) is 0 Å². The van der Waals surface area contributed by atoms with Crippen molar-refractivity contribution in [1.82, 2.24) is 21.2 Å². The molecule has 1 aliphatic rings. The van der Waals surface area contributed by atoms with Crippen LogP contribution in [0.5, 0.6) is 0 Å². The maximum absolute atomic E-state index is 11.9. The molecule has 2 heterocycles. The number of nitrogens with one attached hydrogen (secondary N) is 3. The normalized spacial score (nSPS) is 13.4. The van der Waals surface area contributed by atoms with Crippen molar-refractivity contribution in [3.05, 3.63) is 27.0 Å². The molecule has 0 atom stereocenters. The average Bonchev–Trinajstić information content (AvgIpc) is 3.02. The molecular weight excluding hydrogens is 404 g/mol. The molecule has 0 unspecified atom stereocenters. The van der Waals surface area contributed by atoms with Crippen LogP contribution < -0.4 is 16.2 Å². The first kappa shape index (κ1) is 16.1. The van der Waals surface area contributed by atoms with E-state index in [4.69, 9.17) is 0 Å². The fourth-order valence-corrected chi connectivity index (χ4v) is 3.94. The van der Waals surface area contributed by atoms with Gasteiger partial charge in [0.05, 0.1) is 4.88 Å². The Morgan fingerprint density at radius 2 is 1.91 bits per heavy atom. The first-order chi connectivity index (χ1) is 11.0. The number of rotatable bonds is 3. The van der Waals surface area contributed by atoms with Crippen LogP contribution in [0, 0.1) is 0 Å². The molecule has 1 fully saturated rings. The van der Waals surface area contributed by atoms with Crippen LogP contribution in [0.2, 0.25) is 0 Å². The molecule has 0 spiro atoms. The van der Waals surface area contributed by atoms with E-state index in [1.165, 1.54) is 22.7 Å². The highest BCUT2D eigenvalue weighted by Gasteiger charge is 2.26. The smallest absolute Gasteiger partial charge is 0.327 e. The van der Waals surface area contributed by atoms with Crippen molar-refractivity contribution in [3.63, 3.8) is 0 Å². The van der Waals surface area contributed by atoms with Crippen molar-refractivity contribution in [1.29, 1.82) is 0 Å². The minimum atomic E-state index is -0.900. The van der Waals surface area contributed by atoms with E-state index in [2.05, 4.69) is 37.1 Å². The SMILES string of the molecule is O=C(NNC(=O)c1csc(-c2cc(Br)cs2)n1)C(=O)NC1CC1. The zero-order chi connectivity index (χ0) is 16.4. The zero-order valence-corrected chi connectivity index (χ0v) is 14.8. The fourth-order valence-electron chi connectivity index (χ4n) is 1.63. The highest BCUT2D eigenvalue weighted by molar-refractivity contribution is 9.10. The largest absolute Gasteiger partial charge is 0.345 e.